The number of ether oxygens (including phenoxy) is 1. The van der Waals surface area contributed by atoms with Crippen molar-refractivity contribution in [2.75, 3.05) is 25.5 Å². The monoisotopic (exact) mass is 442 g/mol. The van der Waals surface area contributed by atoms with Gasteiger partial charge in [-0.25, -0.2) is 8.42 Å². The highest BCUT2D eigenvalue weighted by atomic mass is 32.2. The van der Waals surface area contributed by atoms with Gasteiger partial charge in [-0.3, -0.25) is 0 Å². The summed E-state index contributed by atoms with van der Waals surface area (Å²) in [6.07, 6.45) is 2.89. The van der Waals surface area contributed by atoms with Crippen LogP contribution in [-0.4, -0.2) is 43.1 Å². The van der Waals surface area contributed by atoms with E-state index in [4.69, 9.17) is 9.26 Å². The van der Waals surface area contributed by atoms with E-state index >= 15 is 0 Å². The first-order valence-corrected chi connectivity index (χ1v) is 11.7. The molecule has 0 amide bonds. The summed E-state index contributed by atoms with van der Waals surface area (Å²) in [5.74, 6) is 1.49. The van der Waals surface area contributed by atoms with Gasteiger partial charge in [0.15, 0.2) is 0 Å². The van der Waals surface area contributed by atoms with Gasteiger partial charge in [-0.2, -0.15) is 9.29 Å². The third kappa shape index (κ3) is 4.57. The van der Waals surface area contributed by atoms with Crippen LogP contribution in [0.5, 0.6) is 5.75 Å². The van der Waals surface area contributed by atoms with E-state index in [9.17, 15) is 8.42 Å². The van der Waals surface area contributed by atoms with Gasteiger partial charge in [-0.15, -0.1) is 0 Å². The summed E-state index contributed by atoms with van der Waals surface area (Å²) in [6, 6.07) is 12.8. The molecule has 1 aromatic heterocycles. The average molecular weight is 443 g/mol. The Morgan fingerprint density at radius 2 is 1.90 bits per heavy atom. The van der Waals surface area contributed by atoms with Crippen LogP contribution in [0.15, 0.2) is 51.9 Å². The van der Waals surface area contributed by atoms with E-state index in [1.165, 1.54) is 0 Å². The predicted octanol–water partition coefficient (Wildman–Crippen LogP) is 3.84. The molecule has 1 aliphatic rings. The van der Waals surface area contributed by atoms with Crippen molar-refractivity contribution < 1.29 is 17.7 Å². The molecule has 8 nitrogen and oxygen atoms in total. The summed E-state index contributed by atoms with van der Waals surface area (Å²) in [4.78, 5) is 4.75. The van der Waals surface area contributed by atoms with Crippen molar-refractivity contribution in [3.05, 3.63) is 53.9 Å². The van der Waals surface area contributed by atoms with E-state index in [0.29, 0.717) is 41.1 Å². The summed E-state index contributed by atoms with van der Waals surface area (Å²) in [7, 11) is -1.92. The Morgan fingerprint density at radius 1 is 1.13 bits per heavy atom. The van der Waals surface area contributed by atoms with E-state index in [-0.39, 0.29) is 6.54 Å². The summed E-state index contributed by atoms with van der Waals surface area (Å²) in [5.41, 5.74) is 2.15. The zero-order chi connectivity index (χ0) is 21.8. The maximum Gasteiger partial charge on any atom is 0.246 e. The van der Waals surface area contributed by atoms with E-state index in [1.807, 2.05) is 43.3 Å². The van der Waals surface area contributed by atoms with Gasteiger partial charge in [-0.05, 0) is 49.6 Å². The molecule has 0 radical (unpaired) electrons. The number of anilines is 1. The molecule has 31 heavy (non-hydrogen) atoms. The number of hydrogen-bond donors (Lipinski definition) is 1. The van der Waals surface area contributed by atoms with Gasteiger partial charge in [0.1, 0.15) is 5.75 Å². The van der Waals surface area contributed by atoms with Gasteiger partial charge < -0.3 is 14.6 Å². The Morgan fingerprint density at radius 3 is 2.68 bits per heavy atom. The molecule has 0 saturated carbocycles. The summed E-state index contributed by atoms with van der Waals surface area (Å²) in [6.45, 7) is 3.24. The molecule has 0 unspecified atom stereocenters. The molecule has 1 aliphatic heterocycles. The molecule has 4 rings (SSSR count). The average Bonchev–Trinajstić information content (AvgIpc) is 3.28. The molecule has 164 valence electrons. The number of methoxy groups -OCH3 is 1. The number of rotatable bonds is 7. The summed E-state index contributed by atoms with van der Waals surface area (Å²) < 4.78 is 38.5. The number of nitrogens with one attached hydrogen (secondary N) is 1. The maximum absolute atomic E-state index is 13.1. The molecular formula is C22H26N4O4S. The van der Waals surface area contributed by atoms with E-state index in [1.54, 1.807) is 17.5 Å². The highest BCUT2D eigenvalue weighted by molar-refractivity contribution is 7.89. The van der Waals surface area contributed by atoms with Crippen LogP contribution in [0, 0.1) is 6.92 Å². The quantitative estimate of drug-likeness (QED) is 0.594. The lowest BCUT2D eigenvalue weighted by Crippen LogP contribution is -2.36. The van der Waals surface area contributed by atoms with Crippen LogP contribution in [0.25, 0.3) is 11.4 Å². The minimum atomic E-state index is -3.51. The molecule has 1 saturated heterocycles. The molecule has 0 atom stereocenters. The second kappa shape index (κ2) is 9.07. The fourth-order valence-corrected chi connectivity index (χ4v) is 5.44. The van der Waals surface area contributed by atoms with Crippen LogP contribution in [0.4, 0.5) is 5.69 Å². The molecule has 0 spiro atoms. The van der Waals surface area contributed by atoms with Gasteiger partial charge in [-0.1, -0.05) is 29.8 Å². The summed E-state index contributed by atoms with van der Waals surface area (Å²) >= 11 is 0. The zero-order valence-corrected chi connectivity index (χ0v) is 18.5. The Hall–Kier alpha value is -2.91. The fourth-order valence-electron chi connectivity index (χ4n) is 3.68. The lowest BCUT2D eigenvalue weighted by molar-refractivity contribution is 0.346. The first-order chi connectivity index (χ1) is 15.0. The van der Waals surface area contributed by atoms with Gasteiger partial charge in [0.05, 0.1) is 24.1 Å². The number of sulfonamides is 1. The first-order valence-electron chi connectivity index (χ1n) is 10.3. The van der Waals surface area contributed by atoms with Crippen molar-refractivity contribution in [1.82, 2.24) is 14.4 Å². The lowest BCUT2D eigenvalue weighted by atomic mass is 10.2. The van der Waals surface area contributed by atoms with Crippen molar-refractivity contribution in [2.45, 2.75) is 37.6 Å². The third-order valence-electron chi connectivity index (χ3n) is 5.38. The minimum absolute atomic E-state index is 0.272. The number of para-hydroxylation sites is 1. The Bertz CT molecular complexity index is 1150. The van der Waals surface area contributed by atoms with Gasteiger partial charge in [0, 0.05) is 18.8 Å². The SMILES string of the molecule is COc1ccccc1-c1noc(CNc2ccc(C)c(S(=O)(=O)N3CCCCC3)c2)n1. The number of piperidine rings is 1. The molecule has 0 bridgehead atoms. The topological polar surface area (TPSA) is 97.6 Å². The van der Waals surface area contributed by atoms with E-state index in [0.717, 1.165) is 30.4 Å². The minimum Gasteiger partial charge on any atom is -0.496 e. The van der Waals surface area contributed by atoms with Crippen LogP contribution in [-0.2, 0) is 16.6 Å². The lowest BCUT2D eigenvalue weighted by Gasteiger charge is -2.26. The number of benzene rings is 2. The fraction of sp³-hybridized carbons (Fsp3) is 0.364. The van der Waals surface area contributed by atoms with Crippen molar-refractivity contribution >= 4 is 15.7 Å². The van der Waals surface area contributed by atoms with Gasteiger partial charge in [0.2, 0.25) is 21.7 Å². The second-order valence-corrected chi connectivity index (χ2v) is 9.42. The van der Waals surface area contributed by atoms with Crippen molar-refractivity contribution in [3.63, 3.8) is 0 Å². The Balaban J connectivity index is 1.50. The molecule has 9 heteroatoms. The van der Waals surface area contributed by atoms with Crippen LogP contribution in [0.3, 0.4) is 0 Å². The van der Waals surface area contributed by atoms with Gasteiger partial charge in [0.25, 0.3) is 0 Å². The second-order valence-electron chi connectivity index (χ2n) is 7.51. The smallest absolute Gasteiger partial charge is 0.246 e. The third-order valence-corrected chi connectivity index (χ3v) is 7.42. The number of hydrogen-bond acceptors (Lipinski definition) is 7. The maximum atomic E-state index is 13.1. The largest absolute Gasteiger partial charge is 0.496 e. The van der Waals surface area contributed by atoms with Gasteiger partial charge >= 0.3 is 0 Å². The molecule has 3 aromatic rings. The summed E-state index contributed by atoms with van der Waals surface area (Å²) in [5, 5.41) is 7.22. The molecule has 2 heterocycles. The number of aromatic nitrogens is 2. The van der Waals surface area contributed by atoms with Crippen LogP contribution in [0.2, 0.25) is 0 Å². The zero-order valence-electron chi connectivity index (χ0n) is 17.7. The number of aryl methyl sites for hydroxylation is 1. The number of nitrogens with zero attached hydrogens (tertiary/aromatic N) is 3. The molecule has 1 N–H and O–H groups in total. The Labute approximate surface area is 182 Å². The van der Waals surface area contributed by atoms with Crippen LogP contribution < -0.4 is 10.1 Å². The van der Waals surface area contributed by atoms with E-state index in [2.05, 4.69) is 15.5 Å². The highest BCUT2D eigenvalue weighted by Gasteiger charge is 2.27. The Kier molecular flexibility index (Phi) is 6.24. The predicted molar refractivity (Wildman–Crippen MR) is 117 cm³/mol. The van der Waals surface area contributed by atoms with E-state index < -0.39 is 10.0 Å². The highest BCUT2D eigenvalue weighted by Crippen LogP contribution is 2.28. The van der Waals surface area contributed by atoms with Crippen LogP contribution >= 0.6 is 0 Å². The normalized spacial score (nSPS) is 15.0. The van der Waals surface area contributed by atoms with Crippen molar-refractivity contribution in [2.24, 2.45) is 0 Å². The van der Waals surface area contributed by atoms with Crippen LogP contribution in [0.1, 0.15) is 30.7 Å². The molecular weight excluding hydrogens is 416 g/mol. The molecule has 0 aliphatic carbocycles. The van der Waals surface area contributed by atoms with Crippen molar-refractivity contribution in [1.29, 1.82) is 0 Å². The first kappa shape index (κ1) is 21.3. The van der Waals surface area contributed by atoms with Crippen molar-refractivity contribution in [3.8, 4) is 17.1 Å². The standard InChI is InChI=1S/C22H26N4O4S/c1-16-10-11-17(14-20(16)31(27,28)26-12-6-3-7-13-26)23-15-21-24-22(25-30-21)18-8-4-5-9-19(18)29-2/h4-5,8-11,14,23H,3,6-7,12-13,15H2,1-2H3. The molecule has 1 fully saturated rings. The molecule has 2 aromatic carbocycles.